The molecule has 2 fully saturated rings. The van der Waals surface area contributed by atoms with Crippen LogP contribution >= 0.6 is 0 Å². The number of ether oxygens (including phenoxy) is 1. The van der Waals surface area contributed by atoms with E-state index in [1.54, 1.807) is 6.20 Å². The number of pyridine rings is 1. The minimum Gasteiger partial charge on any atom is -0.381 e. The van der Waals surface area contributed by atoms with Crippen molar-refractivity contribution in [2.45, 2.75) is 57.9 Å². The quantitative estimate of drug-likeness (QED) is 0.482. The van der Waals surface area contributed by atoms with Gasteiger partial charge in [-0.25, -0.2) is 4.98 Å². The zero-order valence-electron chi connectivity index (χ0n) is 22.0. The van der Waals surface area contributed by atoms with E-state index in [-0.39, 0.29) is 35.1 Å². The molecule has 3 heterocycles. The second-order valence-corrected chi connectivity index (χ2v) is 11.7. The van der Waals surface area contributed by atoms with Gasteiger partial charge in [-0.15, -0.1) is 0 Å². The summed E-state index contributed by atoms with van der Waals surface area (Å²) in [4.78, 5) is 34.3. The molecule has 3 aliphatic rings. The van der Waals surface area contributed by atoms with Crippen LogP contribution in [0.25, 0.3) is 11.1 Å². The van der Waals surface area contributed by atoms with E-state index in [0.717, 1.165) is 42.4 Å². The Morgan fingerprint density at radius 3 is 2.58 bits per heavy atom. The molecule has 6 rings (SSSR count). The van der Waals surface area contributed by atoms with E-state index in [1.165, 1.54) is 5.56 Å². The first-order valence-corrected chi connectivity index (χ1v) is 13.4. The molecule has 3 atom stereocenters. The van der Waals surface area contributed by atoms with Crippen LogP contribution in [-0.2, 0) is 21.4 Å². The van der Waals surface area contributed by atoms with Crippen LogP contribution in [0.1, 0.15) is 73.7 Å². The van der Waals surface area contributed by atoms with E-state index in [1.807, 2.05) is 32.9 Å². The Hall–Kier alpha value is -3.59. The summed E-state index contributed by atoms with van der Waals surface area (Å²) in [5, 5.41) is 10.1. The maximum absolute atomic E-state index is 12.9. The summed E-state index contributed by atoms with van der Waals surface area (Å²) in [7, 11) is 0. The second kappa shape index (κ2) is 9.62. The number of rotatable bonds is 5. The smallest absolute Gasteiger partial charge is 0.315 e. The number of hydrogen-bond donors (Lipinski definition) is 2. The molecule has 0 bridgehead atoms. The Balaban J connectivity index is 1.18. The number of aromatic nitrogens is 3. The first-order valence-electron chi connectivity index (χ1n) is 13.4. The van der Waals surface area contributed by atoms with Gasteiger partial charge in [0.1, 0.15) is 5.82 Å². The van der Waals surface area contributed by atoms with Gasteiger partial charge in [-0.3, -0.25) is 9.59 Å². The summed E-state index contributed by atoms with van der Waals surface area (Å²) in [6, 6.07) is 10.1. The number of fused-ring (bicyclic) bond motifs is 2. The fourth-order valence-electron chi connectivity index (χ4n) is 5.67. The number of hydrogen-bond acceptors (Lipinski definition) is 7. The molecule has 9 heteroatoms. The molecular weight excluding hydrogens is 482 g/mol. The van der Waals surface area contributed by atoms with Gasteiger partial charge in [0, 0.05) is 17.5 Å². The lowest BCUT2D eigenvalue weighted by molar-refractivity contribution is -0.118. The van der Waals surface area contributed by atoms with E-state index < -0.39 is 0 Å². The highest BCUT2D eigenvalue weighted by Gasteiger charge is 2.58. The van der Waals surface area contributed by atoms with Gasteiger partial charge in [0.2, 0.25) is 5.91 Å². The van der Waals surface area contributed by atoms with Crippen molar-refractivity contribution < 1.29 is 18.8 Å². The van der Waals surface area contributed by atoms with Crippen molar-refractivity contribution in [2.75, 3.05) is 18.5 Å². The molecule has 1 aliphatic heterocycles. The predicted octanol–water partition coefficient (Wildman–Crippen LogP) is 4.46. The van der Waals surface area contributed by atoms with Crippen molar-refractivity contribution in [1.29, 1.82) is 0 Å². The molecule has 2 aromatic heterocycles. The zero-order chi connectivity index (χ0) is 26.4. The Bertz CT molecular complexity index is 1370. The fraction of sp³-hybridized carbons (Fsp3) is 0.483. The molecule has 198 valence electrons. The van der Waals surface area contributed by atoms with Crippen molar-refractivity contribution in [3.05, 3.63) is 59.4 Å². The average molecular weight is 516 g/mol. The SMILES string of the molecule is CC(C)(C)c1noc(C(=O)N[C@@H]2CCCCc3cc(-c4ccnc(NC(=O)C5[C@@H]6COC[C@@H]56)c4)ccc32)n1. The summed E-state index contributed by atoms with van der Waals surface area (Å²) >= 11 is 0. The summed E-state index contributed by atoms with van der Waals surface area (Å²) in [6.45, 7) is 7.29. The van der Waals surface area contributed by atoms with Crippen molar-refractivity contribution in [3.8, 4) is 11.1 Å². The van der Waals surface area contributed by atoms with Crippen LogP contribution in [0.2, 0.25) is 0 Å². The Labute approximate surface area is 221 Å². The molecule has 2 aliphatic carbocycles. The number of nitrogens with one attached hydrogen (secondary N) is 2. The number of benzene rings is 1. The number of anilines is 1. The first-order chi connectivity index (χ1) is 18.3. The minimum atomic E-state index is -0.351. The number of carbonyl (C=O) groups is 2. The Morgan fingerprint density at radius 1 is 1.03 bits per heavy atom. The molecule has 3 aromatic rings. The maximum atomic E-state index is 12.9. The van der Waals surface area contributed by atoms with Gasteiger partial charge < -0.3 is 19.9 Å². The Kier molecular flexibility index (Phi) is 6.26. The van der Waals surface area contributed by atoms with Crippen LogP contribution in [0, 0.1) is 17.8 Å². The van der Waals surface area contributed by atoms with Crippen LogP contribution in [-0.4, -0.2) is 40.2 Å². The molecule has 1 saturated heterocycles. The normalized spacial score (nSPS) is 24.2. The van der Waals surface area contributed by atoms with Gasteiger partial charge in [-0.2, -0.15) is 4.98 Å². The lowest BCUT2D eigenvalue weighted by Crippen LogP contribution is -2.29. The van der Waals surface area contributed by atoms with Crippen molar-refractivity contribution in [2.24, 2.45) is 17.8 Å². The van der Waals surface area contributed by atoms with Gasteiger partial charge in [0.15, 0.2) is 5.82 Å². The average Bonchev–Trinajstić information content (AvgIpc) is 3.19. The fourth-order valence-corrected chi connectivity index (χ4v) is 5.67. The molecule has 38 heavy (non-hydrogen) atoms. The van der Waals surface area contributed by atoms with E-state index >= 15 is 0 Å². The number of carbonyl (C=O) groups excluding carboxylic acids is 2. The van der Waals surface area contributed by atoms with E-state index in [0.29, 0.717) is 36.7 Å². The largest absolute Gasteiger partial charge is 0.381 e. The monoisotopic (exact) mass is 515 g/mol. The summed E-state index contributed by atoms with van der Waals surface area (Å²) in [6.07, 6.45) is 5.56. The lowest BCUT2D eigenvalue weighted by atomic mass is 9.94. The van der Waals surface area contributed by atoms with E-state index in [9.17, 15) is 9.59 Å². The van der Waals surface area contributed by atoms with Crippen LogP contribution in [0.5, 0.6) is 0 Å². The summed E-state index contributed by atoms with van der Waals surface area (Å²) < 4.78 is 10.7. The summed E-state index contributed by atoms with van der Waals surface area (Å²) in [5.74, 6) is 1.50. The molecule has 9 nitrogen and oxygen atoms in total. The third kappa shape index (κ3) is 4.82. The lowest BCUT2D eigenvalue weighted by Gasteiger charge is -2.19. The van der Waals surface area contributed by atoms with Gasteiger partial charge in [0.25, 0.3) is 0 Å². The highest BCUT2D eigenvalue weighted by Crippen LogP contribution is 2.51. The van der Waals surface area contributed by atoms with Crippen molar-refractivity contribution >= 4 is 17.6 Å². The summed E-state index contributed by atoms with van der Waals surface area (Å²) in [5.41, 5.74) is 4.06. The van der Waals surface area contributed by atoms with Crippen LogP contribution in [0.15, 0.2) is 41.1 Å². The van der Waals surface area contributed by atoms with Gasteiger partial charge in [-0.05, 0) is 65.5 Å². The van der Waals surface area contributed by atoms with Crippen LogP contribution in [0.4, 0.5) is 5.82 Å². The predicted molar refractivity (Wildman–Crippen MR) is 140 cm³/mol. The van der Waals surface area contributed by atoms with Gasteiger partial charge in [0.05, 0.1) is 19.3 Å². The Morgan fingerprint density at radius 2 is 1.82 bits per heavy atom. The number of nitrogens with zero attached hydrogens (tertiary/aromatic N) is 3. The van der Waals surface area contributed by atoms with Gasteiger partial charge in [-0.1, -0.05) is 50.5 Å². The number of aryl methyl sites for hydroxylation is 1. The molecule has 2 amide bonds. The highest BCUT2D eigenvalue weighted by atomic mass is 16.5. The zero-order valence-corrected chi connectivity index (χ0v) is 22.0. The number of amides is 2. The molecular formula is C29H33N5O4. The minimum absolute atomic E-state index is 0.00828. The highest BCUT2D eigenvalue weighted by molar-refractivity contribution is 5.94. The van der Waals surface area contributed by atoms with Crippen molar-refractivity contribution in [3.63, 3.8) is 0 Å². The first kappa shape index (κ1) is 24.7. The topological polar surface area (TPSA) is 119 Å². The molecule has 0 radical (unpaired) electrons. The molecule has 1 saturated carbocycles. The van der Waals surface area contributed by atoms with E-state index in [4.69, 9.17) is 9.26 Å². The third-order valence-electron chi connectivity index (χ3n) is 7.90. The maximum Gasteiger partial charge on any atom is 0.315 e. The van der Waals surface area contributed by atoms with Gasteiger partial charge >= 0.3 is 11.8 Å². The molecule has 0 spiro atoms. The molecule has 2 N–H and O–H groups in total. The van der Waals surface area contributed by atoms with E-state index in [2.05, 4.69) is 44.0 Å². The van der Waals surface area contributed by atoms with Crippen LogP contribution in [0.3, 0.4) is 0 Å². The van der Waals surface area contributed by atoms with Crippen molar-refractivity contribution in [1.82, 2.24) is 20.4 Å². The molecule has 1 aromatic carbocycles. The molecule has 0 unspecified atom stereocenters. The standard InChI is InChI=1S/C29H33N5O4/c1-29(2,3)28-33-27(38-34-28)26(36)31-22-7-5-4-6-18-12-16(8-9-19(18)22)17-10-11-30-23(13-17)32-25(35)24-20-14-37-15-21(20)24/h8-13,20-22,24H,4-7,14-15H2,1-3H3,(H,31,36)(H,30,32,35)/t20-,21-,22-/m1/s1. The third-order valence-corrected chi connectivity index (χ3v) is 7.90. The second-order valence-electron chi connectivity index (χ2n) is 11.7. The van der Waals surface area contributed by atoms with Crippen LogP contribution < -0.4 is 10.6 Å².